The maximum absolute atomic E-state index is 13.6. The summed E-state index contributed by atoms with van der Waals surface area (Å²) in [6.45, 7) is 9.42. The molecule has 2 aliphatic rings. The SMILES string of the molecule is CCCCN1C(=O)C(CC(C)C)NC(=O)C12CCN(Cc1ccc(N(c3ccccc3)c3ccccc3)cc1)CC2. The Bertz CT molecular complexity index is 1250. The van der Waals surface area contributed by atoms with E-state index in [2.05, 4.69) is 109 Å². The van der Waals surface area contributed by atoms with Crippen LogP contribution >= 0.6 is 0 Å². The maximum atomic E-state index is 13.6. The van der Waals surface area contributed by atoms with Gasteiger partial charge in [-0.1, -0.05) is 75.7 Å². The van der Waals surface area contributed by atoms with Gasteiger partial charge in [-0.3, -0.25) is 14.5 Å². The number of amides is 2. The van der Waals surface area contributed by atoms with Gasteiger partial charge in [-0.15, -0.1) is 0 Å². The molecule has 2 aliphatic heterocycles. The van der Waals surface area contributed by atoms with E-state index in [1.807, 2.05) is 17.0 Å². The Kier molecular flexibility index (Phi) is 9.09. The average molecular weight is 553 g/mol. The summed E-state index contributed by atoms with van der Waals surface area (Å²) >= 11 is 0. The molecule has 1 N–H and O–H groups in total. The van der Waals surface area contributed by atoms with E-state index in [4.69, 9.17) is 0 Å². The van der Waals surface area contributed by atoms with Crippen molar-refractivity contribution in [2.24, 2.45) is 5.92 Å². The largest absolute Gasteiger partial charge is 0.342 e. The molecule has 2 amide bonds. The van der Waals surface area contributed by atoms with Crippen LogP contribution < -0.4 is 10.2 Å². The van der Waals surface area contributed by atoms with Gasteiger partial charge in [0.05, 0.1) is 0 Å². The molecular weight excluding hydrogens is 508 g/mol. The summed E-state index contributed by atoms with van der Waals surface area (Å²) in [7, 11) is 0. The second-order valence-electron chi connectivity index (χ2n) is 12.0. The fourth-order valence-corrected chi connectivity index (χ4v) is 6.34. The van der Waals surface area contributed by atoms with Crippen molar-refractivity contribution in [2.45, 2.75) is 71.0 Å². The number of anilines is 3. The van der Waals surface area contributed by atoms with Crippen molar-refractivity contribution < 1.29 is 9.59 Å². The van der Waals surface area contributed by atoms with Crippen molar-refractivity contribution in [3.63, 3.8) is 0 Å². The number of carbonyl (C=O) groups is 2. The normalized spacial score (nSPS) is 19.0. The molecule has 2 saturated heterocycles. The monoisotopic (exact) mass is 552 g/mol. The van der Waals surface area contributed by atoms with Gasteiger partial charge in [0, 0.05) is 43.2 Å². The van der Waals surface area contributed by atoms with Crippen molar-refractivity contribution in [3.05, 3.63) is 90.5 Å². The Morgan fingerprint density at radius 3 is 1.95 bits per heavy atom. The summed E-state index contributed by atoms with van der Waals surface area (Å²) in [5, 5.41) is 3.12. The van der Waals surface area contributed by atoms with Gasteiger partial charge in [0.1, 0.15) is 11.6 Å². The summed E-state index contributed by atoms with van der Waals surface area (Å²) in [5.74, 6) is 0.508. The molecule has 216 valence electrons. The second-order valence-corrected chi connectivity index (χ2v) is 12.0. The Morgan fingerprint density at radius 2 is 1.41 bits per heavy atom. The van der Waals surface area contributed by atoms with Crippen molar-refractivity contribution in [3.8, 4) is 0 Å². The molecule has 3 aromatic rings. The number of nitrogens with zero attached hydrogens (tertiary/aromatic N) is 3. The van der Waals surface area contributed by atoms with Crippen molar-refractivity contribution in [2.75, 3.05) is 24.5 Å². The molecule has 0 aromatic heterocycles. The molecule has 3 aromatic carbocycles. The van der Waals surface area contributed by atoms with Crippen LogP contribution in [0.25, 0.3) is 0 Å². The molecule has 1 unspecified atom stereocenters. The number of carbonyl (C=O) groups excluding carboxylic acids is 2. The molecule has 2 fully saturated rings. The quantitative estimate of drug-likeness (QED) is 0.305. The Labute approximate surface area is 245 Å². The van der Waals surface area contributed by atoms with Gasteiger partial charge in [0.2, 0.25) is 11.8 Å². The van der Waals surface area contributed by atoms with Gasteiger partial charge in [-0.25, -0.2) is 0 Å². The zero-order valence-electron chi connectivity index (χ0n) is 24.8. The molecule has 2 heterocycles. The molecule has 0 radical (unpaired) electrons. The molecule has 5 rings (SSSR count). The smallest absolute Gasteiger partial charge is 0.246 e. The van der Waals surface area contributed by atoms with Gasteiger partial charge in [-0.05, 0) is 73.6 Å². The van der Waals surface area contributed by atoms with Crippen LogP contribution in [0.5, 0.6) is 0 Å². The van der Waals surface area contributed by atoms with E-state index in [-0.39, 0.29) is 11.8 Å². The van der Waals surface area contributed by atoms with Crippen LogP contribution in [0.15, 0.2) is 84.9 Å². The number of unbranched alkanes of at least 4 members (excludes halogenated alkanes) is 1. The minimum Gasteiger partial charge on any atom is -0.342 e. The van der Waals surface area contributed by atoms with E-state index in [1.54, 1.807) is 0 Å². The zero-order chi connectivity index (χ0) is 28.8. The summed E-state index contributed by atoms with van der Waals surface area (Å²) in [5.41, 5.74) is 3.89. The van der Waals surface area contributed by atoms with Crippen LogP contribution in [0.3, 0.4) is 0 Å². The lowest BCUT2D eigenvalue weighted by molar-refractivity contribution is -0.161. The van der Waals surface area contributed by atoms with Crippen LogP contribution in [0.1, 0.15) is 58.4 Å². The van der Waals surface area contributed by atoms with Gasteiger partial charge >= 0.3 is 0 Å². The van der Waals surface area contributed by atoms with E-state index < -0.39 is 11.6 Å². The fourth-order valence-electron chi connectivity index (χ4n) is 6.34. The highest BCUT2D eigenvalue weighted by molar-refractivity contribution is 6.00. The highest BCUT2D eigenvalue weighted by atomic mass is 16.2. The van der Waals surface area contributed by atoms with E-state index in [1.165, 1.54) is 5.56 Å². The topological polar surface area (TPSA) is 55.9 Å². The van der Waals surface area contributed by atoms with Crippen LogP contribution in [-0.2, 0) is 16.1 Å². The van der Waals surface area contributed by atoms with E-state index >= 15 is 0 Å². The number of piperazine rings is 1. The molecule has 6 heteroatoms. The number of rotatable bonds is 10. The highest BCUT2D eigenvalue weighted by Gasteiger charge is 2.53. The molecule has 0 bridgehead atoms. The molecule has 41 heavy (non-hydrogen) atoms. The number of hydrogen-bond donors (Lipinski definition) is 1. The minimum absolute atomic E-state index is 0.0461. The predicted molar refractivity (Wildman–Crippen MR) is 166 cm³/mol. The molecule has 0 aliphatic carbocycles. The third kappa shape index (κ3) is 6.33. The van der Waals surface area contributed by atoms with Gasteiger partial charge in [0.15, 0.2) is 0 Å². The summed E-state index contributed by atoms with van der Waals surface area (Å²) in [6, 6.07) is 29.3. The number of benzene rings is 3. The molecule has 1 atom stereocenters. The van der Waals surface area contributed by atoms with Crippen LogP contribution in [0, 0.1) is 5.92 Å². The lowest BCUT2D eigenvalue weighted by Gasteiger charge is -2.52. The summed E-state index contributed by atoms with van der Waals surface area (Å²) < 4.78 is 0. The van der Waals surface area contributed by atoms with Crippen molar-refractivity contribution in [1.82, 2.24) is 15.1 Å². The minimum atomic E-state index is -0.716. The number of para-hydroxylation sites is 2. The maximum Gasteiger partial charge on any atom is 0.246 e. The van der Waals surface area contributed by atoms with Gasteiger partial charge in [0.25, 0.3) is 0 Å². The van der Waals surface area contributed by atoms with Gasteiger partial charge < -0.3 is 15.1 Å². The third-order valence-electron chi connectivity index (χ3n) is 8.56. The number of nitrogens with one attached hydrogen (secondary N) is 1. The van der Waals surface area contributed by atoms with E-state index in [0.29, 0.717) is 31.7 Å². The number of hydrogen-bond acceptors (Lipinski definition) is 4. The Balaban J connectivity index is 1.27. The summed E-state index contributed by atoms with van der Waals surface area (Å²) in [6.07, 6.45) is 3.98. The molecule has 6 nitrogen and oxygen atoms in total. The lowest BCUT2D eigenvalue weighted by Crippen LogP contribution is -2.73. The highest BCUT2D eigenvalue weighted by Crippen LogP contribution is 2.36. The second kappa shape index (κ2) is 12.9. The summed E-state index contributed by atoms with van der Waals surface area (Å²) in [4.78, 5) is 33.7. The van der Waals surface area contributed by atoms with Crippen molar-refractivity contribution in [1.29, 1.82) is 0 Å². The standard InChI is InChI=1S/C35H44N4O2/c1-4-5-22-38-33(40)32(25-27(2)3)36-34(41)35(38)20-23-37(24-21-35)26-28-16-18-31(19-17-28)39(29-12-8-6-9-13-29)30-14-10-7-11-15-30/h6-19,27,32H,4-5,20-26H2,1-3H3,(H,36,41). The van der Waals surface area contributed by atoms with E-state index in [0.717, 1.165) is 49.5 Å². The number of piperidine rings is 1. The molecule has 1 spiro atoms. The van der Waals surface area contributed by atoms with Gasteiger partial charge in [-0.2, -0.15) is 0 Å². The zero-order valence-corrected chi connectivity index (χ0v) is 24.8. The Hall–Kier alpha value is -3.64. The third-order valence-corrected chi connectivity index (χ3v) is 8.56. The fraction of sp³-hybridized carbons (Fsp3) is 0.429. The molecule has 0 saturated carbocycles. The first-order valence-corrected chi connectivity index (χ1v) is 15.3. The Morgan fingerprint density at radius 1 is 0.854 bits per heavy atom. The lowest BCUT2D eigenvalue weighted by atomic mass is 9.80. The van der Waals surface area contributed by atoms with Crippen LogP contribution in [0.2, 0.25) is 0 Å². The molecular formula is C35H44N4O2. The first kappa shape index (κ1) is 28.9. The predicted octanol–water partition coefficient (Wildman–Crippen LogP) is 6.66. The first-order chi connectivity index (χ1) is 19.9. The average Bonchev–Trinajstić information content (AvgIpc) is 2.99. The van der Waals surface area contributed by atoms with E-state index in [9.17, 15) is 9.59 Å². The van der Waals surface area contributed by atoms with Crippen molar-refractivity contribution >= 4 is 28.9 Å². The van der Waals surface area contributed by atoms with Crippen LogP contribution in [-0.4, -0.2) is 52.8 Å². The number of likely N-dealkylation sites (tertiary alicyclic amines) is 1. The van der Waals surface area contributed by atoms with Crippen LogP contribution in [0.4, 0.5) is 17.1 Å². The first-order valence-electron chi connectivity index (χ1n) is 15.3.